The highest BCUT2D eigenvalue weighted by Gasteiger charge is 2.57. The predicted molar refractivity (Wildman–Crippen MR) is 66.7 cm³/mol. The molecule has 0 unspecified atom stereocenters. The van der Waals surface area contributed by atoms with Crippen LogP contribution in [0.5, 0.6) is 5.75 Å². The lowest BCUT2D eigenvalue weighted by Gasteiger charge is -2.06. The van der Waals surface area contributed by atoms with Gasteiger partial charge in [0.2, 0.25) is 0 Å². The summed E-state index contributed by atoms with van der Waals surface area (Å²) in [5.41, 5.74) is 7.55. The zero-order valence-corrected chi connectivity index (χ0v) is 10.4. The second-order valence-electron chi connectivity index (χ2n) is 5.14. The number of rotatable bonds is 4. The highest BCUT2D eigenvalue weighted by molar-refractivity contribution is 5.36. The zero-order valence-electron chi connectivity index (χ0n) is 10.4. The third-order valence-corrected chi connectivity index (χ3v) is 3.85. The molecule has 88 valence electrons. The van der Waals surface area contributed by atoms with Crippen LogP contribution in [-0.4, -0.2) is 13.2 Å². The molecule has 0 aliphatic heterocycles. The van der Waals surface area contributed by atoms with Gasteiger partial charge in [-0.2, -0.15) is 0 Å². The molecule has 1 saturated carbocycles. The van der Waals surface area contributed by atoms with Crippen molar-refractivity contribution in [3.05, 3.63) is 29.8 Å². The molecule has 0 saturated heterocycles. The minimum atomic E-state index is 0.363. The van der Waals surface area contributed by atoms with Crippen molar-refractivity contribution >= 4 is 0 Å². The molecule has 2 atom stereocenters. The predicted octanol–water partition coefficient (Wildman–Crippen LogP) is 2.78. The molecule has 0 radical (unpaired) electrons. The third-order valence-electron chi connectivity index (χ3n) is 3.85. The van der Waals surface area contributed by atoms with Crippen molar-refractivity contribution in [1.82, 2.24) is 0 Å². The Bertz CT molecular complexity index is 356. The fourth-order valence-electron chi connectivity index (χ4n) is 2.78. The summed E-state index contributed by atoms with van der Waals surface area (Å²) in [4.78, 5) is 0. The number of hydrogen-bond acceptors (Lipinski definition) is 2. The molecule has 2 nitrogen and oxygen atoms in total. The molecule has 1 fully saturated rings. The molecule has 2 N–H and O–H groups in total. The van der Waals surface area contributed by atoms with Crippen LogP contribution in [0.2, 0.25) is 0 Å². The molecule has 0 bridgehead atoms. The van der Waals surface area contributed by atoms with E-state index in [0.29, 0.717) is 17.3 Å². The molecule has 1 aromatic carbocycles. The monoisotopic (exact) mass is 219 g/mol. The van der Waals surface area contributed by atoms with E-state index >= 15 is 0 Å². The largest absolute Gasteiger partial charge is 0.494 e. The first-order chi connectivity index (χ1) is 7.61. The summed E-state index contributed by atoms with van der Waals surface area (Å²) in [7, 11) is 0. The van der Waals surface area contributed by atoms with Gasteiger partial charge >= 0.3 is 0 Å². The van der Waals surface area contributed by atoms with Crippen LogP contribution in [0.4, 0.5) is 0 Å². The Morgan fingerprint density at radius 1 is 1.25 bits per heavy atom. The molecule has 2 heteroatoms. The summed E-state index contributed by atoms with van der Waals surface area (Å²) >= 11 is 0. The lowest BCUT2D eigenvalue weighted by molar-refractivity contribution is 0.340. The van der Waals surface area contributed by atoms with Gasteiger partial charge in [-0.25, -0.2) is 0 Å². The van der Waals surface area contributed by atoms with E-state index in [1.165, 1.54) is 5.56 Å². The van der Waals surface area contributed by atoms with Gasteiger partial charge < -0.3 is 10.5 Å². The maximum absolute atomic E-state index is 5.79. The molecule has 0 spiro atoms. The molecule has 1 aliphatic carbocycles. The third kappa shape index (κ3) is 1.82. The highest BCUT2D eigenvalue weighted by atomic mass is 16.5. The van der Waals surface area contributed by atoms with Crippen LogP contribution >= 0.6 is 0 Å². The van der Waals surface area contributed by atoms with Crippen LogP contribution in [0.1, 0.15) is 32.3 Å². The van der Waals surface area contributed by atoms with E-state index in [0.717, 1.165) is 18.9 Å². The maximum Gasteiger partial charge on any atom is 0.119 e. The smallest absolute Gasteiger partial charge is 0.119 e. The second-order valence-corrected chi connectivity index (χ2v) is 5.14. The summed E-state index contributed by atoms with van der Waals surface area (Å²) in [5, 5.41) is 0. The molecule has 2 rings (SSSR count). The van der Waals surface area contributed by atoms with Crippen LogP contribution in [-0.2, 0) is 0 Å². The minimum absolute atomic E-state index is 0.363. The van der Waals surface area contributed by atoms with Crippen LogP contribution in [0.3, 0.4) is 0 Å². The average molecular weight is 219 g/mol. The summed E-state index contributed by atoms with van der Waals surface area (Å²) in [6.07, 6.45) is 0. The van der Waals surface area contributed by atoms with Crippen LogP contribution < -0.4 is 10.5 Å². The Kier molecular flexibility index (Phi) is 2.94. The van der Waals surface area contributed by atoms with Gasteiger partial charge in [0.05, 0.1) is 6.61 Å². The van der Waals surface area contributed by atoms with Crippen LogP contribution in [0, 0.1) is 11.3 Å². The van der Waals surface area contributed by atoms with Crippen molar-refractivity contribution in [2.75, 3.05) is 13.2 Å². The van der Waals surface area contributed by atoms with Crippen molar-refractivity contribution in [1.29, 1.82) is 0 Å². The molecule has 1 aromatic rings. The fourth-order valence-corrected chi connectivity index (χ4v) is 2.78. The molecular weight excluding hydrogens is 198 g/mol. The average Bonchev–Trinajstić information content (AvgIpc) is 2.82. The van der Waals surface area contributed by atoms with E-state index in [1.54, 1.807) is 0 Å². The van der Waals surface area contributed by atoms with Crippen molar-refractivity contribution < 1.29 is 4.74 Å². The van der Waals surface area contributed by atoms with E-state index in [1.807, 2.05) is 6.92 Å². The lowest BCUT2D eigenvalue weighted by atomic mass is 10.0. The quantitative estimate of drug-likeness (QED) is 0.845. The van der Waals surface area contributed by atoms with Gasteiger partial charge in [0, 0.05) is 0 Å². The summed E-state index contributed by atoms with van der Waals surface area (Å²) in [5.74, 6) is 2.20. The van der Waals surface area contributed by atoms with Crippen molar-refractivity contribution in [2.24, 2.45) is 17.1 Å². The molecule has 0 aromatic heterocycles. The van der Waals surface area contributed by atoms with E-state index < -0.39 is 0 Å². The molecule has 1 aliphatic rings. The number of hydrogen-bond donors (Lipinski definition) is 1. The molecule has 0 amide bonds. The Balaban J connectivity index is 2.12. The Morgan fingerprint density at radius 2 is 1.88 bits per heavy atom. The highest BCUT2D eigenvalue weighted by Crippen LogP contribution is 2.63. The first kappa shape index (κ1) is 11.5. The van der Waals surface area contributed by atoms with Gasteiger partial charge in [0.15, 0.2) is 0 Å². The zero-order chi connectivity index (χ0) is 11.8. The second kappa shape index (κ2) is 4.10. The first-order valence-corrected chi connectivity index (χ1v) is 6.04. The van der Waals surface area contributed by atoms with E-state index in [4.69, 9.17) is 10.5 Å². The SMILES string of the molecule is CCOc1ccc([C@@H]2[C@@H](CN)C2(C)C)cc1. The van der Waals surface area contributed by atoms with Gasteiger partial charge in [-0.1, -0.05) is 26.0 Å². The van der Waals surface area contributed by atoms with Crippen molar-refractivity contribution in [3.63, 3.8) is 0 Å². The number of benzene rings is 1. The standard InChI is InChI=1S/C14H21NO/c1-4-16-11-7-5-10(6-8-11)13-12(9-15)14(13,2)3/h5-8,12-13H,4,9,15H2,1-3H3/t12-,13-/m1/s1. The summed E-state index contributed by atoms with van der Waals surface area (Å²) < 4.78 is 5.44. The van der Waals surface area contributed by atoms with Crippen molar-refractivity contribution in [3.8, 4) is 5.75 Å². The fraction of sp³-hybridized carbons (Fsp3) is 0.571. The van der Waals surface area contributed by atoms with Gasteiger partial charge in [-0.15, -0.1) is 0 Å². The Morgan fingerprint density at radius 3 is 2.31 bits per heavy atom. The van der Waals surface area contributed by atoms with E-state index in [2.05, 4.69) is 38.1 Å². The van der Waals surface area contributed by atoms with Crippen LogP contribution in [0.15, 0.2) is 24.3 Å². The normalized spacial score (nSPS) is 26.5. The summed E-state index contributed by atoms with van der Waals surface area (Å²) in [6, 6.07) is 8.46. The number of ether oxygens (including phenoxy) is 1. The van der Waals surface area contributed by atoms with Crippen LogP contribution in [0.25, 0.3) is 0 Å². The van der Waals surface area contributed by atoms with E-state index in [9.17, 15) is 0 Å². The minimum Gasteiger partial charge on any atom is -0.494 e. The first-order valence-electron chi connectivity index (χ1n) is 6.04. The van der Waals surface area contributed by atoms with Crippen molar-refractivity contribution in [2.45, 2.75) is 26.7 Å². The van der Waals surface area contributed by atoms with Gasteiger partial charge in [0.25, 0.3) is 0 Å². The van der Waals surface area contributed by atoms with Gasteiger partial charge in [-0.05, 0) is 48.4 Å². The molecule has 16 heavy (non-hydrogen) atoms. The molecule has 0 heterocycles. The van der Waals surface area contributed by atoms with Gasteiger partial charge in [0.1, 0.15) is 5.75 Å². The van der Waals surface area contributed by atoms with E-state index in [-0.39, 0.29) is 0 Å². The van der Waals surface area contributed by atoms with Gasteiger partial charge in [-0.3, -0.25) is 0 Å². The topological polar surface area (TPSA) is 35.2 Å². The lowest BCUT2D eigenvalue weighted by Crippen LogP contribution is -2.05. The maximum atomic E-state index is 5.79. The Hall–Kier alpha value is -1.02. The summed E-state index contributed by atoms with van der Waals surface area (Å²) in [6.45, 7) is 8.10. The Labute approximate surface area is 97.8 Å². The molecular formula is C14H21NO. The number of nitrogens with two attached hydrogens (primary N) is 1.